The Balaban J connectivity index is 1.66. The summed E-state index contributed by atoms with van der Waals surface area (Å²) < 4.78 is 33.9. The summed E-state index contributed by atoms with van der Waals surface area (Å²) in [5.74, 6) is -0.165. The molecule has 0 spiro atoms. The van der Waals surface area contributed by atoms with Crippen molar-refractivity contribution < 1.29 is 22.7 Å². The van der Waals surface area contributed by atoms with Crippen LogP contribution in [-0.2, 0) is 26.2 Å². The lowest BCUT2D eigenvalue weighted by Gasteiger charge is -2.32. The van der Waals surface area contributed by atoms with Crippen molar-refractivity contribution in [1.82, 2.24) is 10.2 Å². The van der Waals surface area contributed by atoms with Gasteiger partial charge < -0.3 is 15.0 Å². The molecule has 0 saturated heterocycles. The van der Waals surface area contributed by atoms with Gasteiger partial charge in [-0.05, 0) is 61.7 Å². The van der Waals surface area contributed by atoms with Crippen LogP contribution in [0.5, 0.6) is 5.75 Å². The van der Waals surface area contributed by atoms with E-state index < -0.39 is 28.5 Å². The third-order valence-corrected chi connectivity index (χ3v) is 8.82. The number of methoxy groups -OCH3 is 1. The molecule has 9 heteroatoms. The quantitative estimate of drug-likeness (QED) is 0.383. The summed E-state index contributed by atoms with van der Waals surface area (Å²) in [6.45, 7) is 1.38. The third kappa shape index (κ3) is 6.97. The number of anilines is 1. The number of benzene rings is 3. The highest BCUT2D eigenvalue weighted by Crippen LogP contribution is 2.26. The van der Waals surface area contributed by atoms with Crippen LogP contribution in [0, 0.1) is 0 Å². The minimum absolute atomic E-state index is 0.0650. The number of hydrogen-bond donors (Lipinski definition) is 1. The topological polar surface area (TPSA) is 96.0 Å². The zero-order chi connectivity index (χ0) is 27.8. The Labute approximate surface area is 230 Å². The van der Waals surface area contributed by atoms with E-state index in [4.69, 9.17) is 4.74 Å². The van der Waals surface area contributed by atoms with Crippen LogP contribution >= 0.6 is 0 Å². The first-order valence-corrected chi connectivity index (χ1v) is 14.6. The molecule has 1 aliphatic carbocycles. The average Bonchev–Trinajstić information content (AvgIpc) is 3.48. The molecule has 206 valence electrons. The van der Waals surface area contributed by atoms with Gasteiger partial charge in [0.05, 0.1) is 17.7 Å². The fourth-order valence-corrected chi connectivity index (χ4v) is 6.19. The first kappa shape index (κ1) is 28.2. The zero-order valence-corrected chi connectivity index (χ0v) is 23.1. The van der Waals surface area contributed by atoms with E-state index in [-0.39, 0.29) is 23.4 Å². The average molecular weight is 550 g/mol. The molecule has 0 unspecified atom stereocenters. The predicted octanol–water partition coefficient (Wildman–Crippen LogP) is 4.37. The number of ether oxygens (including phenoxy) is 1. The molecular formula is C30H35N3O5S. The largest absolute Gasteiger partial charge is 0.497 e. The number of carbonyl (C=O) groups is 2. The second kappa shape index (κ2) is 12.8. The van der Waals surface area contributed by atoms with E-state index >= 15 is 0 Å². The van der Waals surface area contributed by atoms with Crippen molar-refractivity contribution >= 4 is 27.5 Å². The lowest BCUT2D eigenvalue weighted by Crippen LogP contribution is -2.52. The first-order valence-electron chi connectivity index (χ1n) is 13.1. The van der Waals surface area contributed by atoms with E-state index in [9.17, 15) is 18.0 Å². The highest BCUT2D eigenvalue weighted by molar-refractivity contribution is 7.92. The predicted molar refractivity (Wildman–Crippen MR) is 151 cm³/mol. The van der Waals surface area contributed by atoms with Gasteiger partial charge >= 0.3 is 0 Å². The normalized spacial score (nSPS) is 14.4. The molecule has 3 aromatic rings. The van der Waals surface area contributed by atoms with Gasteiger partial charge in [0.15, 0.2) is 0 Å². The molecule has 0 aromatic heterocycles. The van der Waals surface area contributed by atoms with Gasteiger partial charge in [0.1, 0.15) is 18.3 Å². The summed E-state index contributed by atoms with van der Waals surface area (Å²) >= 11 is 0. The van der Waals surface area contributed by atoms with Crippen molar-refractivity contribution in [3.63, 3.8) is 0 Å². The van der Waals surface area contributed by atoms with Crippen LogP contribution in [0.25, 0.3) is 0 Å². The zero-order valence-electron chi connectivity index (χ0n) is 22.3. The SMILES string of the molecule is COc1ccc(N(CC(=O)N(Cc2ccccc2)[C@H](C)C(=O)NC2CCCC2)S(=O)(=O)c2ccccc2)cc1. The van der Waals surface area contributed by atoms with Gasteiger partial charge in [-0.2, -0.15) is 0 Å². The molecule has 1 fully saturated rings. The van der Waals surface area contributed by atoms with E-state index in [0.717, 1.165) is 35.6 Å². The van der Waals surface area contributed by atoms with Gasteiger partial charge in [-0.1, -0.05) is 61.4 Å². The number of sulfonamides is 1. The third-order valence-electron chi connectivity index (χ3n) is 7.04. The molecule has 2 amide bonds. The van der Waals surface area contributed by atoms with E-state index in [1.165, 1.54) is 24.1 Å². The van der Waals surface area contributed by atoms with E-state index in [0.29, 0.717) is 11.4 Å². The van der Waals surface area contributed by atoms with Crippen LogP contribution in [0.3, 0.4) is 0 Å². The van der Waals surface area contributed by atoms with Crippen LogP contribution in [0.2, 0.25) is 0 Å². The van der Waals surface area contributed by atoms with Crippen LogP contribution in [0.4, 0.5) is 5.69 Å². The fraction of sp³-hybridized carbons (Fsp3) is 0.333. The molecule has 1 N–H and O–H groups in total. The van der Waals surface area contributed by atoms with Crippen molar-refractivity contribution in [2.45, 2.75) is 56.1 Å². The van der Waals surface area contributed by atoms with Gasteiger partial charge in [0.2, 0.25) is 11.8 Å². The molecule has 0 aliphatic heterocycles. The summed E-state index contributed by atoms with van der Waals surface area (Å²) in [5.41, 5.74) is 1.16. The Morgan fingerprint density at radius 2 is 1.51 bits per heavy atom. The molecule has 0 radical (unpaired) electrons. The highest BCUT2D eigenvalue weighted by atomic mass is 32.2. The van der Waals surface area contributed by atoms with Crippen LogP contribution < -0.4 is 14.4 Å². The lowest BCUT2D eigenvalue weighted by atomic mass is 10.1. The van der Waals surface area contributed by atoms with Crippen LogP contribution in [-0.4, -0.2) is 50.9 Å². The van der Waals surface area contributed by atoms with Crippen molar-refractivity contribution in [2.24, 2.45) is 0 Å². The molecule has 3 aromatic carbocycles. The fourth-order valence-electron chi connectivity index (χ4n) is 4.75. The first-order chi connectivity index (χ1) is 18.8. The molecule has 0 bridgehead atoms. The Morgan fingerprint density at radius 1 is 0.923 bits per heavy atom. The Hall–Kier alpha value is -3.85. The Bertz CT molecular complexity index is 1340. The lowest BCUT2D eigenvalue weighted by molar-refractivity contribution is -0.139. The second-order valence-corrected chi connectivity index (χ2v) is 11.6. The molecular weight excluding hydrogens is 514 g/mol. The number of amides is 2. The minimum Gasteiger partial charge on any atom is -0.497 e. The van der Waals surface area contributed by atoms with Crippen molar-refractivity contribution in [3.05, 3.63) is 90.5 Å². The van der Waals surface area contributed by atoms with Gasteiger partial charge in [-0.25, -0.2) is 8.42 Å². The van der Waals surface area contributed by atoms with Gasteiger partial charge in [-0.3, -0.25) is 13.9 Å². The van der Waals surface area contributed by atoms with Gasteiger partial charge in [-0.15, -0.1) is 0 Å². The molecule has 1 saturated carbocycles. The second-order valence-electron chi connectivity index (χ2n) is 9.70. The highest BCUT2D eigenvalue weighted by Gasteiger charge is 2.33. The molecule has 39 heavy (non-hydrogen) atoms. The summed E-state index contributed by atoms with van der Waals surface area (Å²) in [7, 11) is -2.57. The summed E-state index contributed by atoms with van der Waals surface area (Å²) in [6, 6.07) is 23.2. The van der Waals surface area contributed by atoms with E-state index in [2.05, 4.69) is 5.32 Å². The standard InChI is InChI=1S/C30H35N3O5S/c1-23(30(35)31-25-13-9-10-14-25)32(21-24-11-5-3-6-12-24)29(34)22-33(26-17-19-27(38-2)20-18-26)39(36,37)28-15-7-4-8-16-28/h3-8,11-12,15-20,23,25H,9-10,13-14,21-22H2,1-2H3,(H,31,35)/t23-/m1/s1. The van der Waals surface area contributed by atoms with E-state index in [1.54, 1.807) is 49.4 Å². The van der Waals surface area contributed by atoms with Crippen molar-refractivity contribution in [1.29, 1.82) is 0 Å². The van der Waals surface area contributed by atoms with Crippen molar-refractivity contribution in [3.8, 4) is 5.75 Å². The molecule has 8 nitrogen and oxygen atoms in total. The maximum absolute atomic E-state index is 13.9. The summed E-state index contributed by atoms with van der Waals surface area (Å²) in [5, 5.41) is 3.07. The van der Waals surface area contributed by atoms with Crippen LogP contribution in [0.15, 0.2) is 89.8 Å². The Morgan fingerprint density at radius 3 is 2.10 bits per heavy atom. The Kier molecular flexibility index (Phi) is 9.24. The van der Waals surface area contributed by atoms with Gasteiger partial charge in [0, 0.05) is 12.6 Å². The monoisotopic (exact) mass is 549 g/mol. The number of hydrogen-bond acceptors (Lipinski definition) is 5. The molecule has 0 heterocycles. The molecule has 1 atom stereocenters. The van der Waals surface area contributed by atoms with Gasteiger partial charge in [0.25, 0.3) is 10.0 Å². The minimum atomic E-state index is -4.10. The number of nitrogens with zero attached hydrogens (tertiary/aromatic N) is 2. The summed E-state index contributed by atoms with van der Waals surface area (Å²) in [6.07, 6.45) is 3.98. The number of nitrogens with one attached hydrogen (secondary N) is 1. The number of carbonyl (C=O) groups excluding carboxylic acids is 2. The maximum atomic E-state index is 13.9. The number of rotatable bonds is 11. The molecule has 1 aliphatic rings. The maximum Gasteiger partial charge on any atom is 0.264 e. The van der Waals surface area contributed by atoms with Crippen LogP contribution in [0.1, 0.15) is 38.2 Å². The smallest absolute Gasteiger partial charge is 0.264 e. The summed E-state index contributed by atoms with van der Waals surface area (Å²) in [4.78, 5) is 28.7. The molecule has 4 rings (SSSR count). The van der Waals surface area contributed by atoms with Crippen molar-refractivity contribution in [2.75, 3.05) is 18.0 Å². The van der Waals surface area contributed by atoms with E-state index in [1.807, 2.05) is 30.3 Å².